The van der Waals surface area contributed by atoms with Crippen molar-refractivity contribution in [3.63, 3.8) is 0 Å². The van der Waals surface area contributed by atoms with E-state index in [2.05, 4.69) is 10.1 Å². The zero-order valence-electron chi connectivity index (χ0n) is 13.9. The maximum Gasteiger partial charge on any atom is 0.416 e. The molecule has 27 heavy (non-hydrogen) atoms. The molecule has 0 unspecified atom stereocenters. The number of alkyl halides is 6. The summed E-state index contributed by atoms with van der Waals surface area (Å²) in [7, 11) is 0. The number of hydrogen-bond acceptors (Lipinski definition) is 4. The monoisotopic (exact) mass is 400 g/mol. The lowest BCUT2D eigenvalue weighted by Gasteiger charge is -2.14. The summed E-state index contributed by atoms with van der Waals surface area (Å²) in [5.41, 5.74) is -4.45. The summed E-state index contributed by atoms with van der Waals surface area (Å²) in [6, 6.07) is -1.04. The number of ether oxygens (including phenoxy) is 1. The number of esters is 1. The number of benzene rings is 1. The van der Waals surface area contributed by atoms with E-state index in [-0.39, 0.29) is 24.2 Å². The molecule has 0 aromatic heterocycles. The van der Waals surface area contributed by atoms with Crippen LogP contribution in [0, 0.1) is 0 Å². The Morgan fingerprint density at radius 1 is 0.963 bits per heavy atom. The van der Waals surface area contributed by atoms with E-state index in [4.69, 9.17) is 0 Å². The van der Waals surface area contributed by atoms with Gasteiger partial charge in [-0.25, -0.2) is 9.59 Å². The molecule has 12 heteroatoms. The number of rotatable bonds is 4. The van der Waals surface area contributed by atoms with E-state index in [1.54, 1.807) is 19.2 Å². The minimum Gasteiger partial charge on any atom is -0.452 e. The molecule has 0 saturated heterocycles. The van der Waals surface area contributed by atoms with E-state index in [1.165, 1.54) is 0 Å². The zero-order chi connectivity index (χ0) is 21.0. The number of amides is 3. The molecule has 2 N–H and O–H groups in total. The van der Waals surface area contributed by atoms with Crippen molar-refractivity contribution in [3.8, 4) is 0 Å². The molecule has 0 heterocycles. The predicted octanol–water partition coefficient (Wildman–Crippen LogP) is 3.12. The SMILES string of the molecule is CC(C)NC(=O)NC(=O)COC(=O)c1cc(C(F)(F)F)cc(C(F)(F)F)c1. The molecular formula is C15H14F6N2O4. The van der Waals surface area contributed by atoms with E-state index in [9.17, 15) is 40.7 Å². The third-order valence-corrected chi connectivity index (χ3v) is 2.83. The topological polar surface area (TPSA) is 84.5 Å². The molecule has 0 radical (unpaired) electrons. The van der Waals surface area contributed by atoms with Gasteiger partial charge in [-0.05, 0) is 32.0 Å². The number of urea groups is 1. The second-order valence-electron chi connectivity index (χ2n) is 5.55. The fourth-order valence-corrected chi connectivity index (χ4v) is 1.75. The van der Waals surface area contributed by atoms with Gasteiger partial charge >= 0.3 is 24.4 Å². The van der Waals surface area contributed by atoms with Crippen molar-refractivity contribution in [2.75, 3.05) is 6.61 Å². The Hall–Kier alpha value is -2.79. The van der Waals surface area contributed by atoms with Crippen molar-refractivity contribution in [1.29, 1.82) is 0 Å². The second-order valence-corrected chi connectivity index (χ2v) is 5.55. The van der Waals surface area contributed by atoms with Gasteiger partial charge in [0, 0.05) is 6.04 Å². The number of carbonyl (C=O) groups excluding carboxylic acids is 3. The quantitative estimate of drug-likeness (QED) is 0.601. The van der Waals surface area contributed by atoms with Crippen molar-refractivity contribution in [2.24, 2.45) is 0 Å². The lowest BCUT2D eigenvalue weighted by Crippen LogP contribution is -2.44. The molecular weight excluding hydrogens is 386 g/mol. The van der Waals surface area contributed by atoms with Gasteiger partial charge in [-0.1, -0.05) is 0 Å². The van der Waals surface area contributed by atoms with Gasteiger partial charge in [0.05, 0.1) is 16.7 Å². The Morgan fingerprint density at radius 2 is 1.44 bits per heavy atom. The highest BCUT2D eigenvalue weighted by Crippen LogP contribution is 2.36. The van der Waals surface area contributed by atoms with Crippen LogP contribution in [0.15, 0.2) is 18.2 Å². The maximum absolute atomic E-state index is 12.7. The molecule has 0 aliphatic heterocycles. The molecule has 0 bridgehead atoms. The lowest BCUT2D eigenvalue weighted by atomic mass is 10.0. The van der Waals surface area contributed by atoms with Gasteiger partial charge in [-0.15, -0.1) is 0 Å². The minimum absolute atomic E-state index is 0.153. The molecule has 0 atom stereocenters. The maximum atomic E-state index is 12.7. The van der Waals surface area contributed by atoms with Crippen molar-refractivity contribution in [2.45, 2.75) is 32.2 Å². The summed E-state index contributed by atoms with van der Waals surface area (Å²) in [6.45, 7) is 2.11. The largest absolute Gasteiger partial charge is 0.452 e. The van der Waals surface area contributed by atoms with Crippen LogP contribution in [-0.4, -0.2) is 30.6 Å². The summed E-state index contributed by atoms with van der Waals surface area (Å²) >= 11 is 0. The van der Waals surface area contributed by atoms with E-state index in [1.807, 2.05) is 0 Å². The predicted molar refractivity (Wildman–Crippen MR) is 78.5 cm³/mol. The smallest absolute Gasteiger partial charge is 0.416 e. The Morgan fingerprint density at radius 3 is 1.85 bits per heavy atom. The van der Waals surface area contributed by atoms with Crippen LogP contribution in [0.1, 0.15) is 35.3 Å². The average Bonchev–Trinajstić information content (AvgIpc) is 2.49. The van der Waals surface area contributed by atoms with Crippen molar-refractivity contribution in [3.05, 3.63) is 34.9 Å². The van der Waals surface area contributed by atoms with Gasteiger partial charge in [0.15, 0.2) is 6.61 Å². The van der Waals surface area contributed by atoms with Crippen LogP contribution in [0.25, 0.3) is 0 Å². The first-order valence-electron chi connectivity index (χ1n) is 7.27. The van der Waals surface area contributed by atoms with Crippen molar-refractivity contribution < 1.29 is 45.5 Å². The molecule has 150 valence electrons. The summed E-state index contributed by atoms with van der Waals surface area (Å²) in [5, 5.41) is 4.04. The van der Waals surface area contributed by atoms with E-state index in [0.717, 1.165) is 0 Å². The Balaban J connectivity index is 2.91. The highest BCUT2D eigenvalue weighted by Gasteiger charge is 2.37. The first kappa shape index (κ1) is 22.3. The standard InChI is InChI=1S/C15H14F6N2O4/c1-7(2)22-13(26)23-11(24)6-27-12(25)8-3-9(14(16,17)18)5-10(4-8)15(19,20)21/h3-5,7H,6H2,1-2H3,(H2,22,23,24,26). The van der Waals surface area contributed by atoms with Gasteiger partial charge in [0.1, 0.15) is 0 Å². The molecule has 0 aliphatic rings. The third kappa shape index (κ3) is 7.15. The first-order chi connectivity index (χ1) is 12.2. The number of carbonyl (C=O) groups is 3. The van der Waals surface area contributed by atoms with Crippen LogP contribution in [-0.2, 0) is 21.9 Å². The molecule has 0 aliphatic carbocycles. The summed E-state index contributed by atoms with van der Waals surface area (Å²) < 4.78 is 80.8. The van der Waals surface area contributed by atoms with Crippen LogP contribution >= 0.6 is 0 Å². The number of halogens is 6. The zero-order valence-corrected chi connectivity index (χ0v) is 13.9. The van der Waals surface area contributed by atoms with Gasteiger partial charge < -0.3 is 10.1 Å². The molecule has 1 rings (SSSR count). The highest BCUT2D eigenvalue weighted by atomic mass is 19.4. The molecule has 1 aromatic carbocycles. The van der Waals surface area contributed by atoms with Gasteiger partial charge in [0.25, 0.3) is 5.91 Å². The first-order valence-corrected chi connectivity index (χ1v) is 7.27. The van der Waals surface area contributed by atoms with Crippen LogP contribution in [0.2, 0.25) is 0 Å². The van der Waals surface area contributed by atoms with Gasteiger partial charge in [-0.2, -0.15) is 26.3 Å². The lowest BCUT2D eigenvalue weighted by molar-refractivity contribution is -0.143. The molecule has 0 saturated carbocycles. The molecule has 3 amide bonds. The summed E-state index contributed by atoms with van der Waals surface area (Å²) in [4.78, 5) is 34.4. The fourth-order valence-electron chi connectivity index (χ4n) is 1.75. The van der Waals surface area contributed by atoms with Gasteiger partial charge in [-0.3, -0.25) is 10.1 Å². The molecule has 0 fully saturated rings. The Kier molecular flexibility index (Phi) is 6.81. The normalized spacial score (nSPS) is 11.9. The van der Waals surface area contributed by atoms with Crippen LogP contribution in [0.4, 0.5) is 31.1 Å². The molecule has 1 aromatic rings. The highest BCUT2D eigenvalue weighted by molar-refractivity contribution is 5.97. The molecule has 6 nitrogen and oxygen atoms in total. The van der Waals surface area contributed by atoms with Gasteiger partial charge in [0.2, 0.25) is 0 Å². The van der Waals surface area contributed by atoms with Crippen LogP contribution < -0.4 is 10.6 Å². The number of nitrogens with one attached hydrogen (secondary N) is 2. The number of hydrogen-bond donors (Lipinski definition) is 2. The summed E-state index contributed by atoms with van der Waals surface area (Å²) in [6.07, 6.45) is -10.3. The van der Waals surface area contributed by atoms with Crippen molar-refractivity contribution in [1.82, 2.24) is 10.6 Å². The van der Waals surface area contributed by atoms with E-state index >= 15 is 0 Å². The molecule has 0 spiro atoms. The third-order valence-electron chi connectivity index (χ3n) is 2.83. The van der Waals surface area contributed by atoms with E-state index < -0.39 is 53.6 Å². The Bertz CT molecular complexity index is 696. The van der Waals surface area contributed by atoms with Crippen LogP contribution in [0.5, 0.6) is 0 Å². The summed E-state index contributed by atoms with van der Waals surface area (Å²) in [5.74, 6) is -2.71. The average molecular weight is 400 g/mol. The van der Waals surface area contributed by atoms with E-state index in [0.29, 0.717) is 0 Å². The van der Waals surface area contributed by atoms with Crippen molar-refractivity contribution >= 4 is 17.9 Å². The Labute approximate surface area is 148 Å². The second kappa shape index (κ2) is 8.27. The fraction of sp³-hybridized carbons (Fsp3) is 0.400. The minimum atomic E-state index is -5.14. The number of imide groups is 1. The van der Waals surface area contributed by atoms with Crippen LogP contribution in [0.3, 0.4) is 0 Å².